The highest BCUT2D eigenvalue weighted by Gasteiger charge is 2.16. The minimum Gasteiger partial charge on any atom is -0.320 e. The molecule has 5 aromatic rings. The maximum Gasteiger partial charge on any atom is 0.0488 e. The van der Waals surface area contributed by atoms with Crippen LogP contribution in [0, 0.1) is 27.7 Å². The van der Waals surface area contributed by atoms with Crippen molar-refractivity contribution >= 4 is 11.0 Å². The standard InChI is InChI=1S/C26H24N2/c1-17-23-9-5-7-15-27(23)19(3)25(17)21-11-13-22(14-12-21)26-18(2)24-10-6-8-16-28(24)20(26)4/h5-16H,1-4H3. The van der Waals surface area contributed by atoms with E-state index in [2.05, 4.69) is 110 Å². The summed E-state index contributed by atoms with van der Waals surface area (Å²) in [7, 11) is 0. The Morgan fingerprint density at radius 3 is 1.25 bits per heavy atom. The molecule has 0 saturated heterocycles. The third-order valence-electron chi connectivity index (χ3n) is 6.15. The van der Waals surface area contributed by atoms with Gasteiger partial charge in [-0.1, -0.05) is 36.4 Å². The summed E-state index contributed by atoms with van der Waals surface area (Å²) >= 11 is 0. The van der Waals surface area contributed by atoms with Crippen molar-refractivity contribution in [3.05, 3.63) is 95.6 Å². The lowest BCUT2D eigenvalue weighted by Gasteiger charge is -2.07. The summed E-state index contributed by atoms with van der Waals surface area (Å²) < 4.78 is 4.57. The Balaban J connectivity index is 1.65. The molecule has 0 radical (unpaired) electrons. The number of aromatic nitrogens is 2. The van der Waals surface area contributed by atoms with Gasteiger partial charge < -0.3 is 8.80 Å². The van der Waals surface area contributed by atoms with Gasteiger partial charge in [-0.3, -0.25) is 0 Å². The molecule has 0 amide bonds. The highest BCUT2D eigenvalue weighted by atomic mass is 14.9. The van der Waals surface area contributed by atoms with E-state index in [1.54, 1.807) is 0 Å². The Labute approximate surface area is 165 Å². The van der Waals surface area contributed by atoms with E-state index < -0.39 is 0 Å². The predicted molar refractivity (Wildman–Crippen MR) is 118 cm³/mol. The number of hydrogen-bond donors (Lipinski definition) is 0. The van der Waals surface area contributed by atoms with Gasteiger partial charge in [0.1, 0.15) is 0 Å². The molecule has 0 unspecified atom stereocenters. The lowest BCUT2D eigenvalue weighted by atomic mass is 9.96. The maximum atomic E-state index is 2.29. The first-order chi connectivity index (χ1) is 13.6. The minimum atomic E-state index is 1.28. The zero-order valence-electron chi connectivity index (χ0n) is 16.8. The summed E-state index contributed by atoms with van der Waals surface area (Å²) in [5.74, 6) is 0. The molecule has 2 heteroatoms. The van der Waals surface area contributed by atoms with Gasteiger partial charge in [0.25, 0.3) is 0 Å². The molecule has 28 heavy (non-hydrogen) atoms. The predicted octanol–water partition coefficient (Wildman–Crippen LogP) is 6.76. The average Bonchev–Trinajstić information content (AvgIpc) is 3.14. The van der Waals surface area contributed by atoms with Crippen molar-refractivity contribution < 1.29 is 0 Å². The highest BCUT2D eigenvalue weighted by Crippen LogP contribution is 2.36. The monoisotopic (exact) mass is 364 g/mol. The Hall–Kier alpha value is -3.26. The third kappa shape index (κ3) is 2.27. The van der Waals surface area contributed by atoms with E-state index in [1.807, 2.05) is 0 Å². The average molecular weight is 364 g/mol. The van der Waals surface area contributed by atoms with Crippen LogP contribution in [-0.4, -0.2) is 8.80 Å². The SMILES string of the molecule is Cc1c(-c2ccc(-c3c(C)c4ccccn4c3C)cc2)c(C)n2ccccc12. The van der Waals surface area contributed by atoms with E-state index in [-0.39, 0.29) is 0 Å². The first-order valence-corrected chi connectivity index (χ1v) is 9.81. The van der Waals surface area contributed by atoms with Crippen molar-refractivity contribution in [2.24, 2.45) is 0 Å². The number of aryl methyl sites for hydroxylation is 4. The quantitative estimate of drug-likeness (QED) is 0.327. The van der Waals surface area contributed by atoms with E-state index >= 15 is 0 Å². The lowest BCUT2D eigenvalue weighted by Crippen LogP contribution is -1.88. The van der Waals surface area contributed by atoms with Crippen molar-refractivity contribution in [3.63, 3.8) is 0 Å². The summed E-state index contributed by atoms with van der Waals surface area (Å²) in [6, 6.07) is 21.9. The van der Waals surface area contributed by atoms with Crippen LogP contribution in [-0.2, 0) is 0 Å². The highest BCUT2D eigenvalue weighted by molar-refractivity contribution is 5.83. The topological polar surface area (TPSA) is 8.82 Å². The summed E-state index contributed by atoms with van der Waals surface area (Å²) in [6.45, 7) is 8.86. The number of hydrogen-bond acceptors (Lipinski definition) is 0. The van der Waals surface area contributed by atoms with Gasteiger partial charge in [0.05, 0.1) is 0 Å². The van der Waals surface area contributed by atoms with Gasteiger partial charge in [0, 0.05) is 45.9 Å². The molecule has 0 atom stereocenters. The molecule has 4 aromatic heterocycles. The van der Waals surface area contributed by atoms with Gasteiger partial charge in [0.2, 0.25) is 0 Å². The number of rotatable bonds is 2. The van der Waals surface area contributed by atoms with E-state index in [0.29, 0.717) is 0 Å². The second-order valence-corrected chi connectivity index (χ2v) is 7.66. The van der Waals surface area contributed by atoms with Gasteiger partial charge in [-0.05, 0) is 74.2 Å². The van der Waals surface area contributed by atoms with Crippen LogP contribution in [0.4, 0.5) is 0 Å². The molecule has 0 saturated carbocycles. The van der Waals surface area contributed by atoms with Crippen LogP contribution in [0.5, 0.6) is 0 Å². The van der Waals surface area contributed by atoms with Crippen molar-refractivity contribution in [2.45, 2.75) is 27.7 Å². The second-order valence-electron chi connectivity index (χ2n) is 7.66. The molecule has 0 aliphatic carbocycles. The second kappa shape index (κ2) is 6.13. The molecule has 0 fully saturated rings. The van der Waals surface area contributed by atoms with E-state index in [0.717, 1.165) is 0 Å². The largest absolute Gasteiger partial charge is 0.320 e. The van der Waals surface area contributed by atoms with E-state index in [9.17, 15) is 0 Å². The van der Waals surface area contributed by atoms with Crippen molar-refractivity contribution in [2.75, 3.05) is 0 Å². The fourth-order valence-corrected chi connectivity index (χ4v) is 4.78. The molecule has 0 aliphatic heterocycles. The molecule has 5 rings (SSSR count). The molecular weight excluding hydrogens is 340 g/mol. The molecule has 0 aliphatic rings. The normalized spacial score (nSPS) is 11.6. The van der Waals surface area contributed by atoms with Crippen LogP contribution >= 0.6 is 0 Å². The van der Waals surface area contributed by atoms with Crippen molar-refractivity contribution in [3.8, 4) is 22.3 Å². The summed E-state index contributed by atoms with van der Waals surface area (Å²) in [5, 5.41) is 0. The first-order valence-electron chi connectivity index (χ1n) is 9.81. The summed E-state index contributed by atoms with van der Waals surface area (Å²) in [6.07, 6.45) is 4.30. The van der Waals surface area contributed by atoms with Crippen LogP contribution in [0.15, 0.2) is 73.1 Å². The van der Waals surface area contributed by atoms with Gasteiger partial charge in [-0.25, -0.2) is 0 Å². The van der Waals surface area contributed by atoms with Gasteiger partial charge in [-0.2, -0.15) is 0 Å². The number of benzene rings is 1. The Morgan fingerprint density at radius 2 is 0.893 bits per heavy atom. The van der Waals surface area contributed by atoms with E-state index in [1.165, 1.54) is 55.8 Å². The summed E-state index contributed by atoms with van der Waals surface area (Å²) in [5.41, 5.74) is 13.1. The van der Waals surface area contributed by atoms with Crippen molar-refractivity contribution in [1.82, 2.24) is 8.80 Å². The number of nitrogens with zero attached hydrogens (tertiary/aromatic N) is 2. The van der Waals surface area contributed by atoms with Gasteiger partial charge in [-0.15, -0.1) is 0 Å². The number of fused-ring (bicyclic) bond motifs is 2. The third-order valence-corrected chi connectivity index (χ3v) is 6.15. The van der Waals surface area contributed by atoms with Gasteiger partial charge >= 0.3 is 0 Å². The Morgan fingerprint density at radius 1 is 0.500 bits per heavy atom. The molecule has 4 heterocycles. The fraction of sp³-hybridized carbons (Fsp3) is 0.154. The van der Waals surface area contributed by atoms with Crippen molar-refractivity contribution in [1.29, 1.82) is 0 Å². The number of pyridine rings is 2. The molecule has 0 bridgehead atoms. The van der Waals surface area contributed by atoms with Crippen LogP contribution in [0.25, 0.3) is 33.3 Å². The summed E-state index contributed by atoms with van der Waals surface area (Å²) in [4.78, 5) is 0. The fourth-order valence-electron chi connectivity index (χ4n) is 4.78. The van der Waals surface area contributed by atoms with E-state index in [4.69, 9.17) is 0 Å². The van der Waals surface area contributed by atoms with Crippen LogP contribution < -0.4 is 0 Å². The zero-order valence-corrected chi connectivity index (χ0v) is 16.8. The van der Waals surface area contributed by atoms with Crippen LogP contribution in [0.3, 0.4) is 0 Å². The maximum absolute atomic E-state index is 2.29. The molecule has 1 aromatic carbocycles. The first kappa shape index (κ1) is 16.9. The molecule has 0 N–H and O–H groups in total. The lowest BCUT2D eigenvalue weighted by molar-refractivity contribution is 1.11. The van der Waals surface area contributed by atoms with Gasteiger partial charge in [0.15, 0.2) is 0 Å². The Kier molecular flexibility index (Phi) is 3.70. The Bertz CT molecular complexity index is 1150. The minimum absolute atomic E-state index is 1.28. The van der Waals surface area contributed by atoms with Crippen LogP contribution in [0.1, 0.15) is 22.5 Å². The van der Waals surface area contributed by atoms with Crippen LogP contribution in [0.2, 0.25) is 0 Å². The molecule has 2 nitrogen and oxygen atoms in total. The molecular formula is C26H24N2. The zero-order chi connectivity index (χ0) is 19.4. The smallest absolute Gasteiger partial charge is 0.0488 e. The molecule has 0 spiro atoms. The molecule has 138 valence electrons.